The van der Waals surface area contributed by atoms with Gasteiger partial charge in [-0.15, -0.1) is 0 Å². The second-order valence-electron chi connectivity index (χ2n) is 6.10. The van der Waals surface area contributed by atoms with Crippen molar-refractivity contribution in [1.82, 2.24) is 5.32 Å². The lowest BCUT2D eigenvalue weighted by Gasteiger charge is -2.38. The van der Waals surface area contributed by atoms with Gasteiger partial charge in [-0.3, -0.25) is 0 Å². The normalized spacial score (nSPS) is 22.8. The number of benzene rings is 1. The largest absolute Gasteiger partial charge is 0.469 e. The molecule has 112 valence electrons. The highest BCUT2D eigenvalue weighted by atomic mass is 35.5. The van der Waals surface area contributed by atoms with E-state index < -0.39 is 0 Å². The molecule has 3 rings (SSSR count). The van der Waals surface area contributed by atoms with Crippen LogP contribution in [0.1, 0.15) is 43.4 Å². The first-order valence-electron chi connectivity index (χ1n) is 7.74. The van der Waals surface area contributed by atoms with Crippen LogP contribution in [0.3, 0.4) is 0 Å². The topological polar surface area (TPSA) is 25.2 Å². The quantitative estimate of drug-likeness (QED) is 0.830. The minimum absolute atomic E-state index is 0.534. The van der Waals surface area contributed by atoms with E-state index in [-0.39, 0.29) is 0 Å². The van der Waals surface area contributed by atoms with E-state index in [1.165, 1.54) is 18.4 Å². The summed E-state index contributed by atoms with van der Waals surface area (Å²) in [5.41, 5.74) is 1.42. The van der Waals surface area contributed by atoms with Crippen molar-refractivity contribution >= 4 is 11.6 Å². The summed E-state index contributed by atoms with van der Waals surface area (Å²) in [5, 5.41) is 4.54. The number of nitrogens with one attached hydrogen (secondary N) is 1. The van der Waals surface area contributed by atoms with E-state index in [4.69, 9.17) is 16.0 Å². The molecule has 1 aliphatic rings. The molecule has 1 atom stereocenters. The van der Waals surface area contributed by atoms with Gasteiger partial charge in [0.05, 0.1) is 6.26 Å². The van der Waals surface area contributed by atoms with Crippen molar-refractivity contribution in [3.05, 3.63) is 59.0 Å². The lowest BCUT2D eigenvalue weighted by molar-refractivity contribution is 0.264. The Kier molecular flexibility index (Phi) is 4.67. The fourth-order valence-corrected chi connectivity index (χ4v) is 3.19. The van der Waals surface area contributed by atoms with Crippen LogP contribution in [-0.4, -0.2) is 12.1 Å². The zero-order valence-corrected chi connectivity index (χ0v) is 13.1. The van der Waals surface area contributed by atoms with Crippen LogP contribution < -0.4 is 5.32 Å². The number of rotatable bonds is 6. The molecule has 1 aromatic heterocycles. The number of aryl methyl sites for hydroxylation is 1. The Bertz CT molecular complexity index is 543. The van der Waals surface area contributed by atoms with E-state index >= 15 is 0 Å². The van der Waals surface area contributed by atoms with Gasteiger partial charge in [-0.25, -0.2) is 0 Å². The van der Waals surface area contributed by atoms with Crippen molar-refractivity contribution in [3.8, 4) is 0 Å². The zero-order chi connectivity index (χ0) is 14.7. The van der Waals surface area contributed by atoms with E-state index in [9.17, 15) is 0 Å². The Morgan fingerprint density at radius 3 is 2.67 bits per heavy atom. The van der Waals surface area contributed by atoms with Crippen molar-refractivity contribution in [1.29, 1.82) is 0 Å². The maximum atomic E-state index is 5.93. The highest BCUT2D eigenvalue weighted by Gasteiger charge is 2.30. The number of hydrogen-bond donors (Lipinski definition) is 1. The predicted molar refractivity (Wildman–Crippen MR) is 86.8 cm³/mol. The summed E-state index contributed by atoms with van der Waals surface area (Å²) < 4.78 is 5.38. The molecule has 0 amide bonds. The molecular formula is C18H22ClNO. The van der Waals surface area contributed by atoms with Crippen LogP contribution in [0.15, 0.2) is 47.1 Å². The van der Waals surface area contributed by atoms with Gasteiger partial charge in [-0.2, -0.15) is 0 Å². The fraction of sp³-hybridized carbons (Fsp3) is 0.444. The highest BCUT2D eigenvalue weighted by molar-refractivity contribution is 6.30. The maximum absolute atomic E-state index is 5.93. The molecule has 2 nitrogen and oxygen atoms in total. The highest BCUT2D eigenvalue weighted by Crippen LogP contribution is 2.37. The summed E-state index contributed by atoms with van der Waals surface area (Å²) in [6.07, 6.45) is 6.33. The van der Waals surface area contributed by atoms with Gasteiger partial charge < -0.3 is 9.73 Å². The lowest BCUT2D eigenvalue weighted by Crippen LogP contribution is -2.44. The molecule has 0 spiro atoms. The molecule has 1 fully saturated rings. The Labute approximate surface area is 131 Å². The first kappa shape index (κ1) is 14.7. The van der Waals surface area contributed by atoms with Gasteiger partial charge >= 0.3 is 0 Å². The zero-order valence-electron chi connectivity index (χ0n) is 12.4. The molecule has 1 aliphatic carbocycles. The smallest absolute Gasteiger partial charge is 0.103 e. The second kappa shape index (κ2) is 6.67. The van der Waals surface area contributed by atoms with Crippen LogP contribution in [0.25, 0.3) is 0 Å². The van der Waals surface area contributed by atoms with Crippen molar-refractivity contribution in [3.63, 3.8) is 0 Å². The first-order chi connectivity index (χ1) is 10.2. The van der Waals surface area contributed by atoms with Crippen LogP contribution in [0, 0.1) is 0 Å². The summed E-state index contributed by atoms with van der Waals surface area (Å²) in [7, 11) is 0. The van der Waals surface area contributed by atoms with E-state index in [0.717, 1.165) is 23.6 Å². The molecular weight excluding hydrogens is 282 g/mol. The van der Waals surface area contributed by atoms with Gasteiger partial charge in [0.2, 0.25) is 0 Å². The van der Waals surface area contributed by atoms with Crippen LogP contribution in [0.2, 0.25) is 5.02 Å². The standard InChI is InChI=1S/C18H22ClNO/c1-13(4-9-18-3-2-10-21-18)20-17-11-15(12-17)14-5-7-16(19)8-6-14/h2-3,5-8,10,13,15,17,20H,4,9,11-12H2,1H3. The molecule has 1 saturated carbocycles. The number of furan rings is 1. The molecule has 0 radical (unpaired) electrons. The number of hydrogen-bond acceptors (Lipinski definition) is 2. The second-order valence-corrected chi connectivity index (χ2v) is 6.54. The molecule has 0 aliphatic heterocycles. The average molecular weight is 304 g/mol. The van der Waals surface area contributed by atoms with E-state index in [0.29, 0.717) is 18.0 Å². The van der Waals surface area contributed by atoms with Crippen molar-refractivity contribution in [2.45, 2.75) is 50.6 Å². The summed E-state index contributed by atoms with van der Waals surface area (Å²) in [6.45, 7) is 2.26. The van der Waals surface area contributed by atoms with Gasteiger partial charge in [-0.1, -0.05) is 23.7 Å². The molecule has 0 bridgehead atoms. The van der Waals surface area contributed by atoms with Crippen LogP contribution >= 0.6 is 11.6 Å². The maximum Gasteiger partial charge on any atom is 0.103 e. The van der Waals surface area contributed by atoms with Gasteiger partial charge in [-0.05, 0) is 61.9 Å². The van der Waals surface area contributed by atoms with Crippen molar-refractivity contribution in [2.75, 3.05) is 0 Å². The monoisotopic (exact) mass is 303 g/mol. The SMILES string of the molecule is CC(CCc1ccco1)NC1CC(c2ccc(Cl)cc2)C1. The Hall–Kier alpha value is -1.25. The minimum atomic E-state index is 0.534. The number of halogens is 1. The van der Waals surface area contributed by atoms with Gasteiger partial charge in [0.15, 0.2) is 0 Å². The molecule has 1 aromatic carbocycles. The minimum Gasteiger partial charge on any atom is -0.469 e. The van der Waals surface area contributed by atoms with E-state index in [1.54, 1.807) is 6.26 Å². The Morgan fingerprint density at radius 2 is 2.00 bits per heavy atom. The van der Waals surface area contributed by atoms with Crippen LogP contribution in [0.4, 0.5) is 0 Å². The van der Waals surface area contributed by atoms with E-state index in [2.05, 4.69) is 24.4 Å². The van der Waals surface area contributed by atoms with Gasteiger partial charge in [0.1, 0.15) is 5.76 Å². The Balaban J connectivity index is 1.39. The molecule has 21 heavy (non-hydrogen) atoms. The molecule has 0 saturated heterocycles. The van der Waals surface area contributed by atoms with Gasteiger partial charge in [0, 0.05) is 23.5 Å². The Morgan fingerprint density at radius 1 is 1.24 bits per heavy atom. The first-order valence-corrected chi connectivity index (χ1v) is 8.12. The predicted octanol–water partition coefficient (Wildman–Crippen LogP) is 4.79. The van der Waals surface area contributed by atoms with Crippen LogP contribution in [0.5, 0.6) is 0 Å². The van der Waals surface area contributed by atoms with E-state index in [1.807, 2.05) is 24.3 Å². The van der Waals surface area contributed by atoms with Crippen LogP contribution in [-0.2, 0) is 6.42 Å². The fourth-order valence-electron chi connectivity index (χ4n) is 3.06. The van der Waals surface area contributed by atoms with Gasteiger partial charge in [0.25, 0.3) is 0 Å². The van der Waals surface area contributed by atoms with Crippen molar-refractivity contribution in [2.24, 2.45) is 0 Å². The summed E-state index contributed by atoms with van der Waals surface area (Å²) in [6, 6.07) is 13.5. The molecule has 1 heterocycles. The third-order valence-corrected chi connectivity index (χ3v) is 4.66. The molecule has 1 N–H and O–H groups in total. The third-order valence-electron chi connectivity index (χ3n) is 4.40. The van der Waals surface area contributed by atoms with Crippen molar-refractivity contribution < 1.29 is 4.42 Å². The molecule has 1 unspecified atom stereocenters. The lowest BCUT2D eigenvalue weighted by atomic mass is 9.75. The molecule has 3 heteroatoms. The third kappa shape index (κ3) is 3.90. The average Bonchev–Trinajstić information content (AvgIpc) is 2.95. The summed E-state index contributed by atoms with van der Waals surface area (Å²) in [4.78, 5) is 0. The summed E-state index contributed by atoms with van der Waals surface area (Å²) >= 11 is 5.93. The summed E-state index contributed by atoms with van der Waals surface area (Å²) in [5.74, 6) is 1.77. The molecule has 2 aromatic rings.